The number of hydrogen-bond acceptors (Lipinski definition) is 0. The van der Waals surface area contributed by atoms with E-state index in [-0.39, 0.29) is 0 Å². The highest BCUT2D eigenvalue weighted by Crippen LogP contribution is 2.43. The molecule has 1 atom stereocenters. The minimum atomic E-state index is 0.617. The van der Waals surface area contributed by atoms with E-state index in [1.165, 1.54) is 37.7 Å². The van der Waals surface area contributed by atoms with E-state index in [9.17, 15) is 0 Å². The Morgan fingerprint density at radius 3 is 2.70 bits per heavy atom. The first kappa shape index (κ1) is 7.84. The summed E-state index contributed by atoms with van der Waals surface area (Å²) in [5, 5.41) is 0. The lowest BCUT2D eigenvalue weighted by molar-refractivity contribution is 0.311. The van der Waals surface area contributed by atoms with Gasteiger partial charge in [-0.05, 0) is 31.1 Å². The van der Waals surface area contributed by atoms with Crippen molar-refractivity contribution in [1.29, 1.82) is 0 Å². The molecule has 0 aromatic rings. The second kappa shape index (κ2) is 2.77. The van der Waals surface area contributed by atoms with Gasteiger partial charge >= 0.3 is 0 Å². The Labute approximate surface area is 64.3 Å². The zero-order valence-electron chi connectivity index (χ0n) is 7.24. The average molecular weight is 138 g/mol. The second-order valence-electron chi connectivity index (χ2n) is 3.99. The molecule has 0 aromatic carbocycles. The second-order valence-corrected chi connectivity index (χ2v) is 3.99. The van der Waals surface area contributed by atoms with Crippen molar-refractivity contribution in [2.75, 3.05) is 0 Å². The molecule has 1 unspecified atom stereocenters. The molecule has 0 nitrogen and oxygen atoms in total. The molecule has 0 spiro atoms. The van der Waals surface area contributed by atoms with Crippen LogP contribution in [-0.2, 0) is 0 Å². The van der Waals surface area contributed by atoms with Gasteiger partial charge in [0.1, 0.15) is 0 Å². The molecular formula is C10H18. The summed E-state index contributed by atoms with van der Waals surface area (Å²) in [6, 6.07) is 0. The lowest BCUT2D eigenvalue weighted by Gasteiger charge is -2.21. The highest BCUT2D eigenvalue weighted by molar-refractivity contribution is 5.06. The monoisotopic (exact) mass is 138 g/mol. The quantitative estimate of drug-likeness (QED) is 0.512. The Balaban J connectivity index is 2.46. The molecule has 0 bridgehead atoms. The van der Waals surface area contributed by atoms with Crippen molar-refractivity contribution >= 4 is 0 Å². The van der Waals surface area contributed by atoms with Crippen LogP contribution >= 0.6 is 0 Å². The van der Waals surface area contributed by atoms with Gasteiger partial charge < -0.3 is 0 Å². The van der Waals surface area contributed by atoms with Crippen molar-refractivity contribution in [2.45, 2.75) is 46.0 Å². The van der Waals surface area contributed by atoms with Crippen LogP contribution in [0.1, 0.15) is 46.0 Å². The van der Waals surface area contributed by atoms with Gasteiger partial charge in [0.25, 0.3) is 0 Å². The fourth-order valence-electron chi connectivity index (χ4n) is 2.08. The summed E-state index contributed by atoms with van der Waals surface area (Å²) in [6.07, 6.45) is 6.63. The zero-order valence-corrected chi connectivity index (χ0v) is 7.24. The summed E-state index contributed by atoms with van der Waals surface area (Å²) in [6.45, 7) is 8.70. The molecule has 1 fully saturated rings. The minimum Gasteiger partial charge on any atom is -0.0998 e. The molecule has 0 aromatic heterocycles. The van der Waals surface area contributed by atoms with E-state index < -0.39 is 0 Å². The van der Waals surface area contributed by atoms with E-state index in [1.54, 1.807) is 0 Å². The predicted molar refractivity (Wildman–Crippen MR) is 46.0 cm³/mol. The first-order valence-corrected chi connectivity index (χ1v) is 4.33. The van der Waals surface area contributed by atoms with E-state index in [0.29, 0.717) is 5.41 Å². The van der Waals surface area contributed by atoms with Crippen molar-refractivity contribution in [3.63, 3.8) is 0 Å². The maximum absolute atomic E-state index is 4.03. The van der Waals surface area contributed by atoms with Crippen LogP contribution < -0.4 is 0 Å². The van der Waals surface area contributed by atoms with Crippen LogP contribution in [0.3, 0.4) is 0 Å². The van der Waals surface area contributed by atoms with Gasteiger partial charge in [0, 0.05) is 0 Å². The summed E-state index contributed by atoms with van der Waals surface area (Å²) in [4.78, 5) is 0. The third-order valence-electron chi connectivity index (χ3n) is 2.61. The maximum Gasteiger partial charge on any atom is -0.0269 e. The van der Waals surface area contributed by atoms with Crippen LogP contribution in [0.25, 0.3) is 0 Å². The summed E-state index contributed by atoms with van der Waals surface area (Å²) in [7, 11) is 0. The summed E-state index contributed by atoms with van der Waals surface area (Å²) < 4.78 is 0. The molecule has 0 N–H and O–H groups in total. The highest BCUT2D eigenvalue weighted by Gasteiger charge is 2.29. The lowest BCUT2D eigenvalue weighted by atomic mass is 9.84. The molecule has 0 heterocycles. The normalized spacial score (nSPS) is 33.2. The predicted octanol–water partition coefficient (Wildman–Crippen LogP) is 3.53. The zero-order chi connectivity index (χ0) is 7.61. The van der Waals surface area contributed by atoms with Crippen molar-refractivity contribution in [3.05, 3.63) is 12.2 Å². The number of hydrogen-bond donors (Lipinski definition) is 0. The molecule has 0 aliphatic heterocycles. The van der Waals surface area contributed by atoms with Crippen molar-refractivity contribution in [1.82, 2.24) is 0 Å². The van der Waals surface area contributed by atoms with Gasteiger partial charge in [-0.2, -0.15) is 0 Å². The Morgan fingerprint density at radius 2 is 2.30 bits per heavy atom. The van der Waals surface area contributed by atoms with Crippen LogP contribution in [-0.4, -0.2) is 0 Å². The van der Waals surface area contributed by atoms with Crippen LogP contribution in [0.5, 0.6) is 0 Å². The summed E-state index contributed by atoms with van der Waals surface area (Å²) >= 11 is 0. The van der Waals surface area contributed by atoms with E-state index in [0.717, 1.165) is 0 Å². The number of rotatable bonds is 2. The first-order chi connectivity index (χ1) is 4.66. The van der Waals surface area contributed by atoms with Gasteiger partial charge in [0.2, 0.25) is 0 Å². The van der Waals surface area contributed by atoms with Gasteiger partial charge in [-0.25, -0.2) is 0 Å². The van der Waals surface area contributed by atoms with Crippen molar-refractivity contribution < 1.29 is 0 Å². The SMILES string of the molecule is C=C1CCC(C)(CCC)C1. The highest BCUT2D eigenvalue weighted by atomic mass is 14.3. The Hall–Kier alpha value is -0.260. The Morgan fingerprint density at radius 1 is 1.60 bits per heavy atom. The van der Waals surface area contributed by atoms with E-state index >= 15 is 0 Å². The fraction of sp³-hybridized carbons (Fsp3) is 0.800. The van der Waals surface area contributed by atoms with E-state index in [1.807, 2.05) is 0 Å². The van der Waals surface area contributed by atoms with E-state index in [4.69, 9.17) is 0 Å². The van der Waals surface area contributed by atoms with Crippen molar-refractivity contribution in [3.8, 4) is 0 Å². The van der Waals surface area contributed by atoms with Gasteiger partial charge in [-0.15, -0.1) is 0 Å². The van der Waals surface area contributed by atoms with E-state index in [2.05, 4.69) is 20.4 Å². The molecule has 0 heteroatoms. The van der Waals surface area contributed by atoms with Crippen molar-refractivity contribution in [2.24, 2.45) is 5.41 Å². The topological polar surface area (TPSA) is 0 Å². The molecule has 0 saturated heterocycles. The van der Waals surface area contributed by atoms with Gasteiger partial charge in [0.15, 0.2) is 0 Å². The minimum absolute atomic E-state index is 0.617. The van der Waals surface area contributed by atoms with Crippen LogP contribution in [0.4, 0.5) is 0 Å². The number of allylic oxidation sites excluding steroid dienone is 1. The molecule has 1 rings (SSSR count). The maximum atomic E-state index is 4.03. The first-order valence-electron chi connectivity index (χ1n) is 4.33. The third-order valence-corrected chi connectivity index (χ3v) is 2.61. The Kier molecular flexibility index (Phi) is 2.18. The molecule has 1 aliphatic rings. The van der Waals surface area contributed by atoms with Gasteiger partial charge in [-0.1, -0.05) is 32.4 Å². The lowest BCUT2D eigenvalue weighted by Crippen LogP contribution is -2.09. The molecule has 0 amide bonds. The molecule has 1 aliphatic carbocycles. The standard InChI is InChI=1S/C10H18/c1-4-6-10(3)7-5-9(2)8-10/h2,4-8H2,1,3H3. The third kappa shape index (κ3) is 1.62. The average Bonchev–Trinajstić information content (AvgIpc) is 2.12. The Bertz CT molecular complexity index is 135. The van der Waals surface area contributed by atoms with Crippen LogP contribution in [0.2, 0.25) is 0 Å². The van der Waals surface area contributed by atoms with Crippen LogP contribution in [0.15, 0.2) is 12.2 Å². The van der Waals surface area contributed by atoms with Crippen LogP contribution in [0, 0.1) is 5.41 Å². The molecule has 10 heavy (non-hydrogen) atoms. The summed E-state index contributed by atoms with van der Waals surface area (Å²) in [5.41, 5.74) is 2.09. The van der Waals surface area contributed by atoms with Gasteiger partial charge in [0.05, 0.1) is 0 Å². The fourth-order valence-corrected chi connectivity index (χ4v) is 2.08. The molecule has 0 radical (unpaired) electrons. The molecule has 58 valence electrons. The largest absolute Gasteiger partial charge is 0.0998 e. The summed E-state index contributed by atoms with van der Waals surface area (Å²) in [5.74, 6) is 0. The smallest absolute Gasteiger partial charge is 0.0269 e. The van der Waals surface area contributed by atoms with Gasteiger partial charge in [-0.3, -0.25) is 0 Å². The molecular weight excluding hydrogens is 120 g/mol. The molecule has 1 saturated carbocycles.